The van der Waals surface area contributed by atoms with Gasteiger partial charge in [0.1, 0.15) is 17.6 Å². The van der Waals surface area contributed by atoms with E-state index in [4.69, 9.17) is 5.11 Å². The number of pyridine rings is 1. The third-order valence-corrected chi connectivity index (χ3v) is 3.43. The summed E-state index contributed by atoms with van der Waals surface area (Å²) in [5.74, 6) is -0.909. The topological polar surface area (TPSA) is 118 Å². The smallest absolute Gasteiger partial charge is 0.342 e. The van der Waals surface area contributed by atoms with Crippen molar-refractivity contribution in [3.05, 3.63) is 39.0 Å². The lowest BCUT2D eigenvalue weighted by Gasteiger charge is -2.03. The molecule has 2 heterocycles. The number of anilines is 2. The van der Waals surface area contributed by atoms with Crippen LogP contribution >= 0.6 is 11.3 Å². The summed E-state index contributed by atoms with van der Waals surface area (Å²) < 4.78 is 0. The maximum atomic E-state index is 11.1. The van der Waals surface area contributed by atoms with Gasteiger partial charge in [0.15, 0.2) is 5.13 Å². The normalized spacial score (nSPS) is 10.6. The van der Waals surface area contributed by atoms with Gasteiger partial charge in [-0.1, -0.05) is 13.8 Å². The summed E-state index contributed by atoms with van der Waals surface area (Å²) in [5, 5.41) is 25.0. The van der Waals surface area contributed by atoms with Gasteiger partial charge >= 0.3 is 11.7 Å². The molecule has 110 valence electrons. The molecule has 0 aliphatic heterocycles. The van der Waals surface area contributed by atoms with E-state index in [0.717, 1.165) is 18.0 Å². The van der Waals surface area contributed by atoms with E-state index in [1.54, 1.807) is 0 Å². The van der Waals surface area contributed by atoms with E-state index in [-0.39, 0.29) is 11.7 Å². The van der Waals surface area contributed by atoms with Gasteiger partial charge in [-0.2, -0.15) is 0 Å². The van der Waals surface area contributed by atoms with Gasteiger partial charge in [0.2, 0.25) is 0 Å². The van der Waals surface area contributed by atoms with Crippen LogP contribution in [0.3, 0.4) is 0 Å². The zero-order valence-corrected chi connectivity index (χ0v) is 12.0. The van der Waals surface area contributed by atoms with Crippen molar-refractivity contribution in [2.75, 3.05) is 5.32 Å². The van der Waals surface area contributed by atoms with Gasteiger partial charge in [-0.25, -0.2) is 14.8 Å². The van der Waals surface area contributed by atoms with Crippen LogP contribution in [0.25, 0.3) is 0 Å². The molecule has 2 N–H and O–H groups in total. The Morgan fingerprint density at radius 2 is 2.24 bits per heavy atom. The summed E-state index contributed by atoms with van der Waals surface area (Å²) in [6, 6.07) is 1.12. The van der Waals surface area contributed by atoms with Crippen molar-refractivity contribution in [2.24, 2.45) is 0 Å². The second-order valence-electron chi connectivity index (χ2n) is 4.51. The van der Waals surface area contributed by atoms with Gasteiger partial charge < -0.3 is 10.4 Å². The minimum atomic E-state index is -1.38. The van der Waals surface area contributed by atoms with Gasteiger partial charge in [0.05, 0.1) is 10.6 Å². The predicted molar refractivity (Wildman–Crippen MR) is 77.3 cm³/mol. The number of carboxylic acids is 1. The van der Waals surface area contributed by atoms with Crippen molar-refractivity contribution in [1.82, 2.24) is 9.97 Å². The van der Waals surface area contributed by atoms with Gasteiger partial charge in [0, 0.05) is 11.4 Å². The predicted octanol–water partition coefficient (Wildman–Crippen LogP) is 3.01. The van der Waals surface area contributed by atoms with Gasteiger partial charge in [-0.15, -0.1) is 11.3 Å². The Morgan fingerprint density at radius 3 is 2.76 bits per heavy atom. The molecular formula is C12H12N4O4S. The summed E-state index contributed by atoms with van der Waals surface area (Å²) in [5.41, 5.74) is -0.0592. The first-order valence-electron chi connectivity index (χ1n) is 5.98. The Balaban J connectivity index is 2.30. The van der Waals surface area contributed by atoms with Crippen LogP contribution < -0.4 is 5.32 Å². The van der Waals surface area contributed by atoms with Crippen molar-refractivity contribution in [3.63, 3.8) is 0 Å². The second kappa shape index (κ2) is 5.83. The lowest BCUT2D eigenvalue weighted by Crippen LogP contribution is -2.05. The monoisotopic (exact) mass is 308 g/mol. The molecule has 0 bridgehead atoms. The summed E-state index contributed by atoms with van der Waals surface area (Å²) >= 11 is 1.35. The Hall–Kier alpha value is -2.55. The summed E-state index contributed by atoms with van der Waals surface area (Å²) in [7, 11) is 0. The first-order valence-corrected chi connectivity index (χ1v) is 6.86. The first kappa shape index (κ1) is 14.9. The highest BCUT2D eigenvalue weighted by Crippen LogP contribution is 2.26. The summed E-state index contributed by atoms with van der Waals surface area (Å²) in [4.78, 5) is 29.2. The minimum absolute atomic E-state index is 0.197. The molecule has 21 heavy (non-hydrogen) atoms. The summed E-state index contributed by atoms with van der Waals surface area (Å²) in [6.07, 6.45) is 0.919. The lowest BCUT2D eigenvalue weighted by atomic mass is 10.2. The number of carbonyl (C=O) groups is 1. The van der Waals surface area contributed by atoms with Crippen molar-refractivity contribution < 1.29 is 14.8 Å². The molecule has 0 spiro atoms. The Labute approximate surface area is 123 Å². The number of nitro groups is 1. The van der Waals surface area contributed by atoms with Crippen LogP contribution in [0.1, 0.15) is 35.8 Å². The van der Waals surface area contributed by atoms with Crippen LogP contribution in [0.5, 0.6) is 0 Å². The SMILES string of the molecule is CC(C)c1csc(Nc2cc(C(=O)O)c([N+](=O)[O-])cn2)n1. The molecule has 0 saturated heterocycles. The van der Waals surface area contributed by atoms with E-state index < -0.39 is 22.1 Å². The van der Waals surface area contributed by atoms with Crippen LogP contribution in [0.15, 0.2) is 17.6 Å². The maximum Gasteiger partial charge on any atom is 0.342 e. The number of thiazole rings is 1. The zero-order valence-electron chi connectivity index (χ0n) is 11.2. The van der Waals surface area contributed by atoms with Crippen LogP contribution in [0.4, 0.5) is 16.6 Å². The van der Waals surface area contributed by atoms with E-state index in [1.165, 1.54) is 11.3 Å². The number of aromatic nitrogens is 2. The van der Waals surface area contributed by atoms with Crippen molar-refractivity contribution >= 4 is 33.9 Å². The van der Waals surface area contributed by atoms with Crippen molar-refractivity contribution in [3.8, 4) is 0 Å². The van der Waals surface area contributed by atoms with Crippen LogP contribution in [0.2, 0.25) is 0 Å². The van der Waals surface area contributed by atoms with Crippen molar-refractivity contribution in [2.45, 2.75) is 19.8 Å². The Kier molecular flexibility index (Phi) is 4.13. The number of aromatic carboxylic acids is 1. The molecular weight excluding hydrogens is 296 g/mol. The fraction of sp³-hybridized carbons (Fsp3) is 0.250. The molecule has 8 nitrogen and oxygen atoms in total. The largest absolute Gasteiger partial charge is 0.477 e. The van der Waals surface area contributed by atoms with Crippen LogP contribution in [0, 0.1) is 10.1 Å². The molecule has 0 radical (unpaired) electrons. The average molecular weight is 308 g/mol. The molecule has 0 aliphatic carbocycles. The molecule has 0 amide bonds. The van der Waals surface area contributed by atoms with E-state index >= 15 is 0 Å². The summed E-state index contributed by atoms with van der Waals surface area (Å²) in [6.45, 7) is 4.01. The Bertz CT molecular complexity index is 698. The number of rotatable bonds is 5. The molecule has 2 aromatic heterocycles. The number of nitrogens with one attached hydrogen (secondary N) is 1. The lowest BCUT2D eigenvalue weighted by molar-refractivity contribution is -0.385. The molecule has 2 aromatic rings. The highest BCUT2D eigenvalue weighted by Gasteiger charge is 2.21. The quantitative estimate of drug-likeness (QED) is 0.643. The number of carboxylic acid groups (broad SMARTS) is 1. The number of nitrogens with zero attached hydrogens (tertiary/aromatic N) is 3. The molecule has 0 aliphatic rings. The molecule has 0 atom stereocenters. The molecule has 0 fully saturated rings. The average Bonchev–Trinajstić information content (AvgIpc) is 2.87. The molecule has 9 heteroatoms. The van der Waals surface area contributed by atoms with E-state index in [0.29, 0.717) is 5.13 Å². The first-order chi connectivity index (χ1) is 9.88. The number of hydrogen-bond donors (Lipinski definition) is 2. The molecule has 0 saturated carbocycles. The Morgan fingerprint density at radius 1 is 1.52 bits per heavy atom. The van der Waals surface area contributed by atoms with Gasteiger partial charge in [0.25, 0.3) is 0 Å². The molecule has 2 rings (SSSR count). The molecule has 0 aromatic carbocycles. The van der Waals surface area contributed by atoms with Gasteiger partial charge in [-0.05, 0) is 5.92 Å². The highest BCUT2D eigenvalue weighted by molar-refractivity contribution is 7.13. The standard InChI is InChI=1S/C12H12N4O4S/c1-6(2)8-5-21-12(14-8)15-10-3-7(11(17)18)9(4-13-10)16(19)20/h3-6H,1-2H3,(H,17,18)(H,13,14,15). The zero-order chi connectivity index (χ0) is 15.6. The highest BCUT2D eigenvalue weighted by atomic mass is 32.1. The fourth-order valence-electron chi connectivity index (χ4n) is 1.55. The van der Waals surface area contributed by atoms with E-state index in [1.807, 2.05) is 19.2 Å². The maximum absolute atomic E-state index is 11.1. The molecule has 0 unspecified atom stereocenters. The van der Waals surface area contributed by atoms with Crippen molar-refractivity contribution in [1.29, 1.82) is 0 Å². The number of hydrogen-bond acceptors (Lipinski definition) is 7. The van der Waals surface area contributed by atoms with E-state index in [9.17, 15) is 14.9 Å². The fourth-order valence-corrected chi connectivity index (χ4v) is 2.43. The third kappa shape index (κ3) is 3.31. The minimum Gasteiger partial charge on any atom is -0.477 e. The third-order valence-electron chi connectivity index (χ3n) is 2.66. The van der Waals surface area contributed by atoms with Gasteiger partial charge in [-0.3, -0.25) is 10.1 Å². The van der Waals surface area contributed by atoms with Crippen LogP contribution in [-0.4, -0.2) is 26.0 Å². The van der Waals surface area contributed by atoms with Crippen LogP contribution in [-0.2, 0) is 0 Å². The second-order valence-corrected chi connectivity index (χ2v) is 5.36. The van der Waals surface area contributed by atoms with E-state index in [2.05, 4.69) is 15.3 Å².